The van der Waals surface area contributed by atoms with E-state index in [2.05, 4.69) is 0 Å². The number of rotatable bonds is 8. The molecule has 0 aliphatic carbocycles. The molecule has 2 aromatic carbocycles. The predicted octanol–water partition coefficient (Wildman–Crippen LogP) is 2.53. The zero-order chi connectivity index (χ0) is 21.1. The molecule has 9 nitrogen and oxygen atoms in total. The van der Waals surface area contributed by atoms with Crippen molar-refractivity contribution in [2.24, 2.45) is 0 Å². The first-order chi connectivity index (χ1) is 12.9. The first-order valence-corrected chi connectivity index (χ1v) is 11.4. The van der Waals surface area contributed by atoms with Crippen LogP contribution in [-0.2, 0) is 26.7 Å². The molecule has 0 aromatic heterocycles. The van der Waals surface area contributed by atoms with Crippen LogP contribution in [0.25, 0.3) is 0 Å². The van der Waals surface area contributed by atoms with Crippen molar-refractivity contribution in [3.8, 4) is 5.75 Å². The van der Waals surface area contributed by atoms with Gasteiger partial charge in [-0.2, -0.15) is 12.7 Å². The highest BCUT2D eigenvalue weighted by Crippen LogP contribution is 2.24. The minimum absolute atomic E-state index is 0.0298. The van der Waals surface area contributed by atoms with Gasteiger partial charge in [0.1, 0.15) is 5.75 Å². The van der Waals surface area contributed by atoms with Crippen LogP contribution in [0.3, 0.4) is 0 Å². The Labute approximate surface area is 163 Å². The van der Waals surface area contributed by atoms with E-state index in [-0.39, 0.29) is 22.9 Å². The van der Waals surface area contributed by atoms with E-state index in [1.165, 1.54) is 28.6 Å². The van der Waals surface area contributed by atoms with E-state index in [9.17, 15) is 26.9 Å². The van der Waals surface area contributed by atoms with Gasteiger partial charge in [0.2, 0.25) is 10.0 Å². The molecule has 0 saturated carbocycles. The van der Waals surface area contributed by atoms with Crippen LogP contribution in [0.5, 0.6) is 5.75 Å². The van der Waals surface area contributed by atoms with Crippen molar-refractivity contribution in [1.82, 2.24) is 4.31 Å². The third kappa shape index (κ3) is 5.50. The monoisotopic (exact) mass is 428 g/mol. The molecule has 28 heavy (non-hydrogen) atoms. The fourth-order valence-electron chi connectivity index (χ4n) is 2.47. The van der Waals surface area contributed by atoms with E-state index in [1.807, 2.05) is 0 Å². The first kappa shape index (κ1) is 21.8. The lowest BCUT2D eigenvalue weighted by molar-refractivity contribution is -0.384. The SMILES string of the molecule is CC(C)N(Cc1cccc(OS(C)(=O)=O)c1)S(=O)(=O)c1ccc([N+](=O)[O-])cc1. The third-order valence-corrected chi connectivity index (χ3v) is 6.25. The van der Waals surface area contributed by atoms with Crippen LogP contribution in [0.4, 0.5) is 5.69 Å². The van der Waals surface area contributed by atoms with Crippen LogP contribution >= 0.6 is 0 Å². The summed E-state index contributed by atoms with van der Waals surface area (Å²) in [5.74, 6) is 0.0800. The fraction of sp³-hybridized carbons (Fsp3) is 0.294. The molecule has 0 N–H and O–H groups in total. The smallest absolute Gasteiger partial charge is 0.306 e. The number of nitro benzene ring substituents is 1. The number of benzene rings is 2. The average Bonchev–Trinajstić information content (AvgIpc) is 2.58. The summed E-state index contributed by atoms with van der Waals surface area (Å²) in [7, 11) is -7.65. The second kappa shape index (κ2) is 8.25. The number of hydrogen-bond acceptors (Lipinski definition) is 7. The number of non-ortho nitro benzene ring substituents is 1. The van der Waals surface area contributed by atoms with Gasteiger partial charge >= 0.3 is 10.1 Å². The maximum atomic E-state index is 13.0. The third-order valence-electron chi connectivity index (χ3n) is 3.71. The van der Waals surface area contributed by atoms with Crippen molar-refractivity contribution in [3.05, 3.63) is 64.2 Å². The number of sulfonamides is 1. The predicted molar refractivity (Wildman–Crippen MR) is 103 cm³/mol. The van der Waals surface area contributed by atoms with Gasteiger partial charge in [-0.25, -0.2) is 8.42 Å². The average molecular weight is 428 g/mol. The van der Waals surface area contributed by atoms with Crippen molar-refractivity contribution in [2.75, 3.05) is 6.26 Å². The van der Waals surface area contributed by atoms with Crippen LogP contribution in [0.1, 0.15) is 19.4 Å². The summed E-state index contributed by atoms with van der Waals surface area (Å²) >= 11 is 0. The quantitative estimate of drug-likeness (QED) is 0.359. The summed E-state index contributed by atoms with van der Waals surface area (Å²) in [5, 5.41) is 10.8. The molecule has 0 aliphatic heterocycles. The molecule has 0 amide bonds. The molecule has 0 spiro atoms. The van der Waals surface area contributed by atoms with E-state index in [0.717, 1.165) is 18.4 Å². The molecule has 2 aromatic rings. The first-order valence-electron chi connectivity index (χ1n) is 8.15. The Hall–Kier alpha value is -2.50. The normalized spacial score (nSPS) is 12.3. The molecule has 2 rings (SSSR count). The molecule has 0 fully saturated rings. The van der Waals surface area contributed by atoms with Crippen LogP contribution < -0.4 is 4.18 Å². The second-order valence-corrected chi connectivity index (χ2v) is 9.80. The minimum atomic E-state index is -3.94. The van der Waals surface area contributed by atoms with Gasteiger partial charge in [0.15, 0.2) is 0 Å². The number of nitrogens with zero attached hydrogens (tertiary/aromatic N) is 2. The van der Waals surface area contributed by atoms with Crippen molar-refractivity contribution >= 4 is 25.8 Å². The molecule has 11 heteroatoms. The zero-order valence-electron chi connectivity index (χ0n) is 15.5. The van der Waals surface area contributed by atoms with Crippen molar-refractivity contribution in [3.63, 3.8) is 0 Å². The molecule has 0 unspecified atom stereocenters. The van der Waals surface area contributed by atoms with Crippen LogP contribution in [0.15, 0.2) is 53.4 Å². The highest BCUT2D eigenvalue weighted by atomic mass is 32.2. The zero-order valence-corrected chi connectivity index (χ0v) is 17.1. The molecule has 0 radical (unpaired) electrons. The summed E-state index contributed by atoms with van der Waals surface area (Å²) in [6, 6.07) is 10.3. The van der Waals surface area contributed by atoms with Gasteiger partial charge in [-0.1, -0.05) is 12.1 Å². The van der Waals surface area contributed by atoms with E-state index in [1.54, 1.807) is 26.0 Å². The Bertz CT molecular complexity index is 1060. The number of hydrogen-bond donors (Lipinski definition) is 0. The lowest BCUT2D eigenvalue weighted by atomic mass is 10.2. The molecule has 0 atom stereocenters. The Morgan fingerprint density at radius 3 is 2.18 bits per heavy atom. The standard InChI is InChI=1S/C17H20N2O7S2/c1-13(2)18(12-14-5-4-6-16(11-14)26-27(3,22)23)28(24,25)17-9-7-15(8-10-17)19(20)21/h4-11,13H,12H2,1-3H3. The highest BCUT2D eigenvalue weighted by Gasteiger charge is 2.28. The Morgan fingerprint density at radius 1 is 1.07 bits per heavy atom. The maximum absolute atomic E-state index is 13.0. The molecule has 0 bridgehead atoms. The Balaban J connectivity index is 2.35. The maximum Gasteiger partial charge on any atom is 0.306 e. The summed E-state index contributed by atoms with van der Waals surface area (Å²) in [6.07, 6.45) is 0.916. The molecular formula is C17H20N2O7S2. The Kier molecular flexibility index (Phi) is 6.42. The summed E-state index contributed by atoms with van der Waals surface area (Å²) in [6.45, 7) is 3.36. The fourth-order valence-corrected chi connectivity index (χ4v) is 4.55. The summed E-state index contributed by atoms with van der Waals surface area (Å²) in [4.78, 5) is 10.1. The largest absolute Gasteiger partial charge is 0.383 e. The van der Waals surface area contributed by atoms with Gasteiger partial charge in [0.25, 0.3) is 5.69 Å². The Morgan fingerprint density at radius 2 is 1.68 bits per heavy atom. The van der Waals surface area contributed by atoms with Crippen LogP contribution in [0.2, 0.25) is 0 Å². The van der Waals surface area contributed by atoms with Gasteiger partial charge < -0.3 is 4.18 Å². The number of nitro groups is 1. The van der Waals surface area contributed by atoms with Crippen molar-refractivity contribution in [2.45, 2.75) is 31.3 Å². The molecule has 0 saturated heterocycles. The van der Waals surface area contributed by atoms with Gasteiger partial charge in [0.05, 0.1) is 16.1 Å². The van der Waals surface area contributed by atoms with Crippen LogP contribution in [-0.4, -0.2) is 38.4 Å². The van der Waals surface area contributed by atoms with E-state index in [4.69, 9.17) is 4.18 Å². The molecule has 0 heterocycles. The van der Waals surface area contributed by atoms with Crippen molar-refractivity contribution < 1.29 is 25.9 Å². The second-order valence-electron chi connectivity index (χ2n) is 6.33. The summed E-state index contributed by atoms with van der Waals surface area (Å²) in [5.41, 5.74) is 0.320. The topological polar surface area (TPSA) is 124 Å². The van der Waals surface area contributed by atoms with Crippen molar-refractivity contribution in [1.29, 1.82) is 0 Å². The molecule has 152 valence electrons. The van der Waals surface area contributed by atoms with Gasteiger partial charge in [-0.3, -0.25) is 10.1 Å². The lowest BCUT2D eigenvalue weighted by Crippen LogP contribution is -2.36. The molecule has 0 aliphatic rings. The van der Waals surface area contributed by atoms with E-state index in [0.29, 0.717) is 5.56 Å². The molecular weight excluding hydrogens is 408 g/mol. The highest BCUT2D eigenvalue weighted by molar-refractivity contribution is 7.89. The summed E-state index contributed by atoms with van der Waals surface area (Å²) < 4.78 is 54.6. The lowest BCUT2D eigenvalue weighted by Gasteiger charge is -2.26. The van der Waals surface area contributed by atoms with Gasteiger partial charge in [-0.15, -0.1) is 0 Å². The van der Waals surface area contributed by atoms with E-state index >= 15 is 0 Å². The van der Waals surface area contributed by atoms with Gasteiger partial charge in [0, 0.05) is 24.7 Å². The van der Waals surface area contributed by atoms with Gasteiger partial charge in [-0.05, 0) is 43.7 Å². The van der Waals surface area contributed by atoms with Crippen LogP contribution in [0, 0.1) is 10.1 Å². The van der Waals surface area contributed by atoms with E-state index < -0.39 is 31.1 Å². The minimum Gasteiger partial charge on any atom is -0.383 e.